The molecule has 3 heterocycles. The monoisotopic (exact) mass is 592 g/mol. The molecule has 5 rings (SSSR count). The van der Waals surface area contributed by atoms with Crippen molar-refractivity contribution in [1.82, 2.24) is 15.0 Å². The fraction of sp³-hybridized carbons (Fsp3) is 0.148. The SMILES string of the molecule is C#Cc1nc(C(=O)N(c2cc(NS(=O)(=O)c3ccccc3)cc(OC)c2)C2CCN(c3ncc(F)cn3)C2=O)cs1. The number of carbonyl (C=O) groups is 2. The molecule has 0 bridgehead atoms. The molecule has 11 nitrogen and oxygen atoms in total. The zero-order valence-corrected chi connectivity index (χ0v) is 23.0. The normalized spacial score (nSPS) is 14.9. The highest BCUT2D eigenvalue weighted by atomic mass is 32.2. The lowest BCUT2D eigenvalue weighted by Crippen LogP contribution is -2.46. The highest BCUT2D eigenvalue weighted by Gasteiger charge is 2.42. The van der Waals surface area contributed by atoms with Gasteiger partial charge < -0.3 is 4.74 Å². The van der Waals surface area contributed by atoms with Crippen LogP contribution in [-0.2, 0) is 14.8 Å². The van der Waals surface area contributed by atoms with Crippen LogP contribution in [0.25, 0.3) is 0 Å². The van der Waals surface area contributed by atoms with E-state index in [9.17, 15) is 22.4 Å². The van der Waals surface area contributed by atoms with Gasteiger partial charge in [-0.15, -0.1) is 17.8 Å². The number of sulfonamides is 1. The Morgan fingerprint density at radius 1 is 1.22 bits per heavy atom. The van der Waals surface area contributed by atoms with Crippen molar-refractivity contribution in [2.75, 3.05) is 28.2 Å². The number of nitrogens with one attached hydrogen (secondary N) is 1. The van der Waals surface area contributed by atoms with Gasteiger partial charge in [0.05, 0.1) is 35.8 Å². The minimum atomic E-state index is -4.00. The quantitative estimate of drug-likeness (QED) is 0.308. The van der Waals surface area contributed by atoms with Crippen molar-refractivity contribution in [3.05, 3.63) is 82.8 Å². The van der Waals surface area contributed by atoms with Crippen molar-refractivity contribution < 1.29 is 27.1 Å². The predicted octanol–water partition coefficient (Wildman–Crippen LogP) is 3.32. The third-order valence-corrected chi connectivity index (χ3v) is 8.28. The van der Waals surface area contributed by atoms with Crippen LogP contribution < -0.4 is 19.3 Å². The molecule has 0 saturated carbocycles. The number of hydrogen-bond acceptors (Lipinski definition) is 9. The van der Waals surface area contributed by atoms with Gasteiger partial charge in [-0.2, -0.15) is 0 Å². The fourth-order valence-electron chi connectivity index (χ4n) is 4.26. The largest absolute Gasteiger partial charge is 0.497 e. The number of methoxy groups -OCH3 is 1. The van der Waals surface area contributed by atoms with E-state index in [-0.39, 0.29) is 51.6 Å². The third kappa shape index (κ3) is 5.72. The summed E-state index contributed by atoms with van der Waals surface area (Å²) in [6.45, 7) is 0.142. The Morgan fingerprint density at radius 2 is 1.95 bits per heavy atom. The van der Waals surface area contributed by atoms with Gasteiger partial charge in [-0.25, -0.2) is 27.8 Å². The van der Waals surface area contributed by atoms with Crippen molar-refractivity contribution in [2.24, 2.45) is 0 Å². The number of aromatic nitrogens is 3. The molecule has 1 saturated heterocycles. The van der Waals surface area contributed by atoms with Crippen LogP contribution in [0.5, 0.6) is 5.75 Å². The van der Waals surface area contributed by atoms with Gasteiger partial charge in [-0.1, -0.05) is 18.2 Å². The zero-order valence-electron chi connectivity index (χ0n) is 21.4. The Hall–Kier alpha value is -4.87. The summed E-state index contributed by atoms with van der Waals surface area (Å²) >= 11 is 1.09. The third-order valence-electron chi connectivity index (χ3n) is 6.11. The number of thiazole rings is 1. The maximum atomic E-state index is 13.9. The molecule has 1 fully saturated rings. The van der Waals surface area contributed by atoms with Crippen LogP contribution in [0.1, 0.15) is 21.9 Å². The van der Waals surface area contributed by atoms with E-state index in [0.717, 1.165) is 23.7 Å². The molecule has 14 heteroatoms. The molecule has 2 aromatic carbocycles. The Labute approximate surface area is 238 Å². The first-order valence-electron chi connectivity index (χ1n) is 12.0. The molecule has 1 aliphatic heterocycles. The number of hydrogen-bond donors (Lipinski definition) is 1. The summed E-state index contributed by atoms with van der Waals surface area (Å²) in [5.41, 5.74) is 0.254. The van der Waals surface area contributed by atoms with E-state index < -0.39 is 33.7 Å². The lowest BCUT2D eigenvalue weighted by molar-refractivity contribution is -0.118. The maximum Gasteiger partial charge on any atom is 0.278 e. The Kier molecular flexibility index (Phi) is 7.64. The van der Waals surface area contributed by atoms with Gasteiger partial charge in [-0.3, -0.25) is 24.1 Å². The Bertz CT molecular complexity index is 1760. The van der Waals surface area contributed by atoms with E-state index in [1.165, 1.54) is 52.6 Å². The van der Waals surface area contributed by atoms with Gasteiger partial charge in [0, 0.05) is 24.1 Å². The molecule has 0 aliphatic carbocycles. The van der Waals surface area contributed by atoms with Gasteiger partial charge >= 0.3 is 0 Å². The molecule has 208 valence electrons. The van der Waals surface area contributed by atoms with Gasteiger partial charge in [0.25, 0.3) is 21.8 Å². The Morgan fingerprint density at radius 3 is 2.61 bits per heavy atom. The lowest BCUT2D eigenvalue weighted by Gasteiger charge is -2.28. The van der Waals surface area contributed by atoms with E-state index >= 15 is 0 Å². The number of rotatable bonds is 8. The van der Waals surface area contributed by atoms with Crippen molar-refractivity contribution in [2.45, 2.75) is 17.4 Å². The number of carbonyl (C=O) groups excluding carboxylic acids is 2. The molecule has 1 atom stereocenters. The van der Waals surface area contributed by atoms with E-state index in [4.69, 9.17) is 11.2 Å². The first kappa shape index (κ1) is 27.7. The fourth-order valence-corrected chi connectivity index (χ4v) is 5.92. The molecule has 1 aliphatic rings. The van der Waals surface area contributed by atoms with E-state index in [0.29, 0.717) is 0 Å². The standard InChI is InChI=1S/C27H21FN6O5S2/c1-3-24-31-22(16-40-24)25(35)34(23-9-10-33(26(23)36)27-29-14-17(28)15-30-27)19-11-18(12-20(13-19)39-2)32-41(37,38)21-7-5-4-6-8-21/h1,4-8,11-16,23,32H,9-10H2,2H3. The molecule has 41 heavy (non-hydrogen) atoms. The number of terminal acetylenes is 1. The number of anilines is 3. The summed E-state index contributed by atoms with van der Waals surface area (Å²) in [5.74, 6) is 0.751. The summed E-state index contributed by atoms with van der Waals surface area (Å²) in [6.07, 6.45) is 7.49. The predicted molar refractivity (Wildman–Crippen MR) is 150 cm³/mol. The molecular weight excluding hydrogens is 571 g/mol. The highest BCUT2D eigenvalue weighted by molar-refractivity contribution is 7.92. The second-order valence-corrected chi connectivity index (χ2v) is 11.2. The molecule has 2 amide bonds. The van der Waals surface area contributed by atoms with Gasteiger partial charge in [0.15, 0.2) is 10.8 Å². The van der Waals surface area contributed by atoms with Crippen LogP contribution in [-0.4, -0.2) is 54.9 Å². The smallest absolute Gasteiger partial charge is 0.278 e. The van der Waals surface area contributed by atoms with Crippen LogP contribution in [0, 0.1) is 18.2 Å². The maximum absolute atomic E-state index is 13.9. The number of benzene rings is 2. The van der Waals surface area contributed by atoms with Crippen molar-refractivity contribution >= 4 is 50.5 Å². The van der Waals surface area contributed by atoms with Crippen molar-refractivity contribution in [1.29, 1.82) is 0 Å². The van der Waals surface area contributed by atoms with Crippen LogP contribution in [0.15, 0.2) is 71.2 Å². The summed E-state index contributed by atoms with van der Waals surface area (Å²) in [5, 5.41) is 1.75. The summed E-state index contributed by atoms with van der Waals surface area (Å²) in [7, 11) is -2.61. The number of nitrogens with zero attached hydrogens (tertiary/aromatic N) is 5. The molecule has 0 spiro atoms. The second kappa shape index (κ2) is 11.3. The molecule has 0 radical (unpaired) electrons. The van der Waals surface area contributed by atoms with Crippen molar-refractivity contribution in [3.63, 3.8) is 0 Å². The number of halogens is 1. The summed E-state index contributed by atoms with van der Waals surface area (Å²) in [4.78, 5) is 42.0. The average molecular weight is 593 g/mol. The summed E-state index contributed by atoms with van der Waals surface area (Å²) < 4.78 is 47.4. The van der Waals surface area contributed by atoms with Crippen LogP contribution >= 0.6 is 11.3 Å². The number of ether oxygens (including phenoxy) is 1. The van der Waals surface area contributed by atoms with E-state index in [2.05, 4.69) is 25.6 Å². The molecule has 4 aromatic rings. The topological polar surface area (TPSA) is 135 Å². The van der Waals surface area contributed by atoms with Crippen LogP contribution in [0.3, 0.4) is 0 Å². The minimum Gasteiger partial charge on any atom is -0.497 e. The minimum absolute atomic E-state index is 0.00136. The highest BCUT2D eigenvalue weighted by Crippen LogP contribution is 2.34. The first-order chi connectivity index (χ1) is 19.7. The van der Waals surface area contributed by atoms with Crippen LogP contribution in [0.4, 0.5) is 21.7 Å². The van der Waals surface area contributed by atoms with Crippen LogP contribution in [0.2, 0.25) is 0 Å². The number of amides is 2. The second-order valence-electron chi connectivity index (χ2n) is 8.69. The first-order valence-corrected chi connectivity index (χ1v) is 14.4. The molecule has 2 aromatic heterocycles. The average Bonchev–Trinajstić information content (AvgIpc) is 3.61. The molecule has 1 N–H and O–H groups in total. The molecule has 1 unspecified atom stereocenters. The Balaban J connectivity index is 1.57. The molecular formula is C27H21FN6O5S2. The summed E-state index contributed by atoms with van der Waals surface area (Å²) in [6, 6.07) is 11.0. The van der Waals surface area contributed by atoms with Gasteiger partial charge in [0.1, 0.15) is 17.5 Å². The zero-order chi connectivity index (χ0) is 29.1. The van der Waals surface area contributed by atoms with Crippen molar-refractivity contribution in [3.8, 4) is 18.1 Å². The van der Waals surface area contributed by atoms with E-state index in [1.807, 2.05) is 0 Å². The van der Waals surface area contributed by atoms with Gasteiger partial charge in [0.2, 0.25) is 5.95 Å². The van der Waals surface area contributed by atoms with Gasteiger partial charge in [-0.05, 0) is 30.5 Å². The lowest BCUT2D eigenvalue weighted by atomic mass is 10.1. The van der Waals surface area contributed by atoms with E-state index in [1.54, 1.807) is 18.2 Å².